The molecule has 2 aromatic carbocycles. The molecule has 0 aliphatic rings. The number of alkyl halides is 3. The molecule has 0 radical (unpaired) electrons. The lowest BCUT2D eigenvalue weighted by atomic mass is 10.2. The van der Waals surface area contributed by atoms with Crippen molar-refractivity contribution in [2.24, 2.45) is 0 Å². The zero-order chi connectivity index (χ0) is 30.6. The Bertz CT molecular complexity index is 1600. The third-order valence-corrected chi connectivity index (χ3v) is 6.35. The van der Waals surface area contributed by atoms with E-state index in [2.05, 4.69) is 32.3 Å². The molecule has 0 fully saturated rings. The first-order chi connectivity index (χ1) is 19.9. The molecule has 0 saturated heterocycles. The van der Waals surface area contributed by atoms with Crippen LogP contribution in [0.4, 0.5) is 36.2 Å². The maximum atomic E-state index is 14.1. The number of carbonyl (C=O) groups excluding carboxylic acids is 1. The van der Waals surface area contributed by atoms with E-state index in [0.29, 0.717) is 52.2 Å². The molecule has 14 heteroatoms. The monoisotopic (exact) mass is 584 g/mol. The van der Waals surface area contributed by atoms with E-state index >= 15 is 0 Å². The van der Waals surface area contributed by atoms with E-state index in [-0.39, 0.29) is 5.95 Å². The van der Waals surface area contributed by atoms with E-state index in [1.54, 1.807) is 30.3 Å². The zero-order valence-corrected chi connectivity index (χ0v) is 23.8. The van der Waals surface area contributed by atoms with Gasteiger partial charge in [0.1, 0.15) is 17.1 Å². The highest BCUT2D eigenvalue weighted by molar-refractivity contribution is 6.02. The predicted molar refractivity (Wildman–Crippen MR) is 155 cm³/mol. The average Bonchev–Trinajstić information content (AvgIpc) is 3.38. The van der Waals surface area contributed by atoms with Crippen molar-refractivity contribution in [2.75, 3.05) is 64.0 Å². The predicted octanol–water partition coefficient (Wildman–Crippen LogP) is 4.72. The molecule has 1 amide bonds. The first-order valence-corrected chi connectivity index (χ1v) is 12.7. The highest BCUT2D eigenvalue weighted by Crippen LogP contribution is 2.39. The number of hydrogen-bond acceptors (Lipinski definition) is 9. The number of halogens is 3. The van der Waals surface area contributed by atoms with Crippen molar-refractivity contribution in [3.05, 3.63) is 60.9 Å². The number of methoxy groups -OCH3 is 2. The first kappa shape index (κ1) is 30.1. The Morgan fingerprint density at radius 3 is 2.48 bits per heavy atom. The van der Waals surface area contributed by atoms with E-state index in [1.165, 1.54) is 20.4 Å². The molecule has 2 aromatic heterocycles. The number of likely N-dealkylation sites (N-methyl/N-ethyl adjacent to an activating group) is 2. The van der Waals surface area contributed by atoms with Crippen LogP contribution in [0.5, 0.6) is 11.5 Å². The molecule has 2 N–H and O–H groups in total. The number of hydrogen-bond donors (Lipinski definition) is 2. The van der Waals surface area contributed by atoms with E-state index in [9.17, 15) is 18.0 Å². The summed E-state index contributed by atoms with van der Waals surface area (Å²) < 4.78 is 54.1. The molecule has 0 spiro atoms. The lowest BCUT2D eigenvalue weighted by Crippen LogP contribution is -2.29. The molecule has 0 bridgehead atoms. The molecular weight excluding hydrogens is 553 g/mol. The van der Waals surface area contributed by atoms with Gasteiger partial charge in [-0.25, -0.2) is 9.67 Å². The number of fused-ring (bicyclic) bond motifs is 1. The lowest BCUT2D eigenvalue weighted by Gasteiger charge is -2.26. The van der Waals surface area contributed by atoms with Gasteiger partial charge in [0, 0.05) is 43.9 Å². The van der Waals surface area contributed by atoms with Crippen molar-refractivity contribution in [1.29, 1.82) is 0 Å². The van der Waals surface area contributed by atoms with Crippen LogP contribution in [0.1, 0.15) is 5.56 Å². The second-order valence-corrected chi connectivity index (χ2v) is 9.52. The van der Waals surface area contributed by atoms with E-state index in [0.717, 1.165) is 17.3 Å². The minimum atomic E-state index is -4.76. The maximum absolute atomic E-state index is 14.1. The van der Waals surface area contributed by atoms with Gasteiger partial charge in [-0.2, -0.15) is 23.3 Å². The summed E-state index contributed by atoms with van der Waals surface area (Å²) in [6.07, 6.45) is -1.50. The van der Waals surface area contributed by atoms with Crippen LogP contribution in [0.25, 0.3) is 16.7 Å². The Labute approximate surface area is 240 Å². The SMILES string of the molecule is C=CC(=O)Nc1cc(Nc2ncc(C(F)(F)F)c(-n3ncc4ccc(OC)cc43)n2)c(OC)cc1N(C)CCN(C)C. The van der Waals surface area contributed by atoms with Gasteiger partial charge in [-0.1, -0.05) is 6.58 Å². The van der Waals surface area contributed by atoms with Crippen LogP contribution in [0.15, 0.2) is 55.4 Å². The summed E-state index contributed by atoms with van der Waals surface area (Å²) in [5.74, 6) is -0.292. The Hall–Kier alpha value is -4.85. The Kier molecular flexibility index (Phi) is 8.85. The number of nitrogens with zero attached hydrogens (tertiary/aromatic N) is 6. The largest absolute Gasteiger partial charge is 0.497 e. The number of carbonyl (C=O) groups is 1. The van der Waals surface area contributed by atoms with Crippen LogP contribution in [0, 0.1) is 0 Å². The summed E-state index contributed by atoms with van der Waals surface area (Å²) in [4.78, 5) is 24.4. The summed E-state index contributed by atoms with van der Waals surface area (Å²) in [7, 11) is 8.67. The van der Waals surface area contributed by atoms with Gasteiger partial charge in [-0.15, -0.1) is 0 Å². The smallest absolute Gasteiger partial charge is 0.421 e. The quantitative estimate of drug-likeness (QED) is 0.242. The fourth-order valence-electron chi connectivity index (χ4n) is 4.11. The highest BCUT2D eigenvalue weighted by Gasteiger charge is 2.36. The third kappa shape index (κ3) is 6.54. The molecule has 0 atom stereocenters. The standard InChI is InChI=1S/C28H31F3N8O3/c1-7-25(40)34-20-13-21(24(42-6)14-23(20)38(4)11-10-37(2)3)35-27-32-16-19(28(29,30)31)26(36-27)39-22-12-18(41-5)9-8-17(22)15-33-39/h7-9,12-16H,1,10-11H2,2-6H3,(H,34,40)(H,32,35,36). The molecule has 0 aliphatic carbocycles. The van der Waals surface area contributed by atoms with Crippen molar-refractivity contribution in [1.82, 2.24) is 24.6 Å². The molecule has 4 rings (SSSR count). The molecule has 0 unspecified atom stereocenters. The minimum Gasteiger partial charge on any atom is -0.497 e. The first-order valence-electron chi connectivity index (χ1n) is 12.7. The van der Waals surface area contributed by atoms with E-state index in [1.807, 2.05) is 30.9 Å². The lowest BCUT2D eigenvalue weighted by molar-refractivity contribution is -0.138. The van der Waals surface area contributed by atoms with E-state index in [4.69, 9.17) is 9.47 Å². The number of nitrogens with one attached hydrogen (secondary N) is 2. The Morgan fingerprint density at radius 1 is 1.07 bits per heavy atom. The number of amides is 1. The zero-order valence-electron chi connectivity index (χ0n) is 23.8. The van der Waals surface area contributed by atoms with E-state index < -0.39 is 23.5 Å². The molecular formula is C28H31F3N8O3. The topological polar surface area (TPSA) is 110 Å². The maximum Gasteiger partial charge on any atom is 0.421 e. The average molecular weight is 585 g/mol. The molecule has 2 heterocycles. The molecule has 42 heavy (non-hydrogen) atoms. The third-order valence-electron chi connectivity index (χ3n) is 6.35. The molecule has 222 valence electrons. The Morgan fingerprint density at radius 2 is 1.83 bits per heavy atom. The van der Waals surface area contributed by atoms with Crippen molar-refractivity contribution in [2.45, 2.75) is 6.18 Å². The van der Waals surface area contributed by atoms with Gasteiger partial charge in [-0.3, -0.25) is 4.79 Å². The van der Waals surface area contributed by atoms with Crippen molar-refractivity contribution in [3.63, 3.8) is 0 Å². The van der Waals surface area contributed by atoms with Crippen LogP contribution >= 0.6 is 0 Å². The van der Waals surface area contributed by atoms with Crippen LogP contribution in [0.2, 0.25) is 0 Å². The van der Waals surface area contributed by atoms with Gasteiger partial charge in [0.25, 0.3) is 0 Å². The molecule has 4 aromatic rings. The van der Waals surface area contributed by atoms with Gasteiger partial charge < -0.3 is 29.9 Å². The van der Waals surface area contributed by atoms with Crippen molar-refractivity contribution >= 4 is 39.8 Å². The van der Waals surface area contributed by atoms with Gasteiger partial charge in [0.2, 0.25) is 11.9 Å². The van der Waals surface area contributed by atoms with Gasteiger partial charge in [0.05, 0.1) is 43.0 Å². The van der Waals surface area contributed by atoms with Crippen LogP contribution in [0.3, 0.4) is 0 Å². The fraction of sp³-hybridized carbons (Fsp3) is 0.286. The summed E-state index contributed by atoms with van der Waals surface area (Å²) >= 11 is 0. The Balaban J connectivity index is 1.81. The number of rotatable bonds is 11. The van der Waals surface area contributed by atoms with Crippen molar-refractivity contribution < 1.29 is 27.4 Å². The summed E-state index contributed by atoms with van der Waals surface area (Å²) in [6.45, 7) is 4.88. The van der Waals surface area contributed by atoms with Crippen LogP contribution < -0.4 is 25.0 Å². The summed E-state index contributed by atoms with van der Waals surface area (Å²) in [5.41, 5.74) is 0.660. The summed E-state index contributed by atoms with van der Waals surface area (Å²) in [5, 5.41) is 10.5. The van der Waals surface area contributed by atoms with Crippen LogP contribution in [-0.4, -0.2) is 79.0 Å². The van der Waals surface area contributed by atoms with Crippen LogP contribution in [-0.2, 0) is 11.0 Å². The highest BCUT2D eigenvalue weighted by atomic mass is 19.4. The van der Waals surface area contributed by atoms with Gasteiger partial charge >= 0.3 is 6.18 Å². The number of anilines is 4. The number of ether oxygens (including phenoxy) is 2. The molecule has 11 nitrogen and oxygen atoms in total. The summed E-state index contributed by atoms with van der Waals surface area (Å²) in [6, 6.07) is 8.24. The van der Waals surface area contributed by atoms with Gasteiger partial charge in [-0.05, 0) is 38.4 Å². The minimum absolute atomic E-state index is 0.155. The number of benzene rings is 2. The molecule has 0 aliphatic heterocycles. The fourth-order valence-corrected chi connectivity index (χ4v) is 4.11. The second kappa shape index (κ2) is 12.3. The van der Waals surface area contributed by atoms with Crippen molar-refractivity contribution in [3.8, 4) is 17.3 Å². The van der Waals surface area contributed by atoms with Gasteiger partial charge in [0.15, 0.2) is 5.82 Å². The molecule has 0 saturated carbocycles. The normalized spacial score (nSPS) is 11.5. The number of aromatic nitrogens is 4. The second-order valence-electron chi connectivity index (χ2n) is 9.52.